The van der Waals surface area contributed by atoms with Gasteiger partial charge in [-0.1, -0.05) is 32.0 Å². The molecule has 2 N–H and O–H groups in total. The lowest BCUT2D eigenvalue weighted by Gasteiger charge is -2.16. The van der Waals surface area contributed by atoms with Crippen molar-refractivity contribution < 1.29 is 0 Å². The average Bonchev–Trinajstić information content (AvgIpc) is 2.18. The van der Waals surface area contributed by atoms with Gasteiger partial charge in [0.25, 0.3) is 0 Å². The molecule has 1 atom stereocenters. The van der Waals surface area contributed by atoms with Crippen molar-refractivity contribution >= 4 is 11.6 Å². The molecular formula is C13H20ClN. The molecule has 0 radical (unpaired) electrons. The van der Waals surface area contributed by atoms with E-state index < -0.39 is 0 Å². The Morgan fingerprint density at radius 1 is 1.33 bits per heavy atom. The summed E-state index contributed by atoms with van der Waals surface area (Å²) in [5.74, 6) is 1.17. The first-order valence-electron chi connectivity index (χ1n) is 5.48. The summed E-state index contributed by atoms with van der Waals surface area (Å²) in [6, 6.07) is 6.62. The number of hydrogen-bond acceptors (Lipinski definition) is 1. The first-order chi connectivity index (χ1) is 7.06. The van der Waals surface area contributed by atoms with E-state index in [0.29, 0.717) is 11.8 Å². The smallest absolute Gasteiger partial charge is 0.0308 e. The predicted molar refractivity (Wildman–Crippen MR) is 67.5 cm³/mol. The summed E-state index contributed by atoms with van der Waals surface area (Å²) in [5.41, 5.74) is 9.94. The van der Waals surface area contributed by atoms with Crippen LogP contribution in [-0.4, -0.2) is 5.88 Å². The first kappa shape index (κ1) is 12.5. The lowest BCUT2D eigenvalue weighted by molar-refractivity contribution is 0.694. The molecule has 0 saturated carbocycles. The quantitative estimate of drug-likeness (QED) is 0.777. The van der Waals surface area contributed by atoms with Crippen LogP contribution in [0, 0.1) is 6.92 Å². The van der Waals surface area contributed by atoms with Crippen molar-refractivity contribution in [3.63, 3.8) is 0 Å². The van der Waals surface area contributed by atoms with E-state index in [1.807, 2.05) is 0 Å². The molecule has 0 spiro atoms. The highest BCUT2D eigenvalue weighted by Crippen LogP contribution is 2.24. The van der Waals surface area contributed by atoms with Crippen LogP contribution < -0.4 is 5.73 Å². The number of benzene rings is 1. The van der Waals surface area contributed by atoms with Gasteiger partial charge in [-0.25, -0.2) is 0 Å². The summed E-state index contributed by atoms with van der Waals surface area (Å²) in [5, 5.41) is 0. The third kappa shape index (κ3) is 3.22. The number of aryl methyl sites for hydroxylation is 1. The Kier molecular flexibility index (Phi) is 4.62. The Hall–Kier alpha value is -0.530. The molecule has 1 unspecified atom stereocenters. The lowest BCUT2D eigenvalue weighted by Crippen LogP contribution is -2.12. The van der Waals surface area contributed by atoms with E-state index in [1.165, 1.54) is 16.7 Å². The fraction of sp³-hybridized carbons (Fsp3) is 0.538. The van der Waals surface area contributed by atoms with Crippen LogP contribution in [0.4, 0.5) is 0 Å². The number of alkyl halides is 1. The van der Waals surface area contributed by atoms with E-state index in [2.05, 4.69) is 39.0 Å². The van der Waals surface area contributed by atoms with Crippen molar-refractivity contribution in [2.24, 2.45) is 5.73 Å². The van der Waals surface area contributed by atoms with Gasteiger partial charge in [0, 0.05) is 11.9 Å². The second-order valence-electron chi connectivity index (χ2n) is 4.35. The molecule has 0 aliphatic carbocycles. The van der Waals surface area contributed by atoms with Gasteiger partial charge >= 0.3 is 0 Å². The van der Waals surface area contributed by atoms with Crippen molar-refractivity contribution in [3.05, 3.63) is 34.9 Å². The largest absolute Gasteiger partial charge is 0.324 e. The highest BCUT2D eigenvalue weighted by Gasteiger charge is 2.10. The Morgan fingerprint density at radius 3 is 2.53 bits per heavy atom. The molecule has 1 rings (SSSR count). The van der Waals surface area contributed by atoms with E-state index in [9.17, 15) is 0 Å². The highest BCUT2D eigenvalue weighted by atomic mass is 35.5. The zero-order chi connectivity index (χ0) is 11.4. The molecule has 84 valence electrons. The summed E-state index contributed by atoms with van der Waals surface area (Å²) >= 11 is 5.72. The van der Waals surface area contributed by atoms with E-state index >= 15 is 0 Å². The second kappa shape index (κ2) is 5.53. The van der Waals surface area contributed by atoms with Crippen molar-refractivity contribution in [2.75, 3.05) is 5.88 Å². The van der Waals surface area contributed by atoms with Gasteiger partial charge in [-0.2, -0.15) is 0 Å². The van der Waals surface area contributed by atoms with Gasteiger partial charge in [0.15, 0.2) is 0 Å². The van der Waals surface area contributed by atoms with Gasteiger partial charge in [-0.3, -0.25) is 0 Å². The molecule has 0 heterocycles. The van der Waals surface area contributed by atoms with Crippen LogP contribution in [-0.2, 0) is 0 Å². The van der Waals surface area contributed by atoms with Crippen LogP contribution in [0.3, 0.4) is 0 Å². The van der Waals surface area contributed by atoms with Crippen LogP contribution in [0.25, 0.3) is 0 Å². The lowest BCUT2D eigenvalue weighted by atomic mass is 9.93. The summed E-state index contributed by atoms with van der Waals surface area (Å²) < 4.78 is 0. The summed E-state index contributed by atoms with van der Waals surface area (Å²) in [6.45, 7) is 6.50. The molecule has 15 heavy (non-hydrogen) atoms. The van der Waals surface area contributed by atoms with E-state index in [0.717, 1.165) is 6.42 Å². The Balaban J connectivity index is 2.99. The molecule has 0 aliphatic heterocycles. The van der Waals surface area contributed by atoms with E-state index in [-0.39, 0.29) is 6.04 Å². The average molecular weight is 226 g/mol. The second-order valence-corrected chi connectivity index (χ2v) is 4.73. The molecule has 0 bridgehead atoms. The van der Waals surface area contributed by atoms with Crippen molar-refractivity contribution in [3.8, 4) is 0 Å². The highest BCUT2D eigenvalue weighted by molar-refractivity contribution is 6.17. The van der Waals surface area contributed by atoms with Gasteiger partial charge in [-0.15, -0.1) is 11.6 Å². The van der Waals surface area contributed by atoms with Crippen molar-refractivity contribution in [1.82, 2.24) is 0 Å². The normalized spacial score (nSPS) is 13.2. The molecule has 0 amide bonds. The third-order valence-corrected chi connectivity index (χ3v) is 3.01. The Labute approximate surface area is 97.6 Å². The van der Waals surface area contributed by atoms with E-state index in [1.54, 1.807) is 0 Å². The molecular weight excluding hydrogens is 206 g/mol. The van der Waals surface area contributed by atoms with Gasteiger partial charge < -0.3 is 5.73 Å². The van der Waals surface area contributed by atoms with E-state index in [4.69, 9.17) is 17.3 Å². The topological polar surface area (TPSA) is 26.0 Å². The molecule has 2 heteroatoms. The maximum absolute atomic E-state index is 6.09. The maximum Gasteiger partial charge on any atom is 0.0308 e. The molecule has 0 aromatic heterocycles. The zero-order valence-corrected chi connectivity index (χ0v) is 10.5. The monoisotopic (exact) mass is 225 g/mol. The molecule has 0 aliphatic rings. The molecule has 1 aromatic carbocycles. The minimum atomic E-state index is 0.0706. The summed E-state index contributed by atoms with van der Waals surface area (Å²) in [6.07, 6.45) is 0.837. The van der Waals surface area contributed by atoms with Gasteiger partial charge in [0.1, 0.15) is 0 Å². The van der Waals surface area contributed by atoms with Gasteiger partial charge in [-0.05, 0) is 36.0 Å². The number of halogens is 1. The van der Waals surface area contributed by atoms with Crippen LogP contribution in [0.2, 0.25) is 0 Å². The summed E-state index contributed by atoms with van der Waals surface area (Å²) in [4.78, 5) is 0. The fourth-order valence-electron chi connectivity index (χ4n) is 1.69. The standard InChI is InChI=1S/C13H20ClN/c1-9(2)11-5-4-10(3)12(8-11)13(15)6-7-14/h4-5,8-9,13H,6-7,15H2,1-3H3. The fourth-order valence-corrected chi connectivity index (χ4v) is 1.93. The van der Waals surface area contributed by atoms with Gasteiger partial charge in [0.2, 0.25) is 0 Å². The predicted octanol–water partition coefficient (Wildman–Crippen LogP) is 3.75. The Bertz CT molecular complexity index is 320. The number of rotatable bonds is 4. The summed E-state index contributed by atoms with van der Waals surface area (Å²) in [7, 11) is 0. The molecule has 1 aromatic rings. The SMILES string of the molecule is Cc1ccc(C(C)C)cc1C(N)CCCl. The van der Waals surface area contributed by atoms with Crippen molar-refractivity contribution in [2.45, 2.75) is 39.2 Å². The maximum atomic E-state index is 6.09. The zero-order valence-electron chi connectivity index (χ0n) is 9.76. The minimum absolute atomic E-state index is 0.0706. The van der Waals surface area contributed by atoms with Crippen LogP contribution in [0.15, 0.2) is 18.2 Å². The minimum Gasteiger partial charge on any atom is -0.324 e. The third-order valence-electron chi connectivity index (χ3n) is 2.79. The molecule has 0 fully saturated rings. The van der Waals surface area contributed by atoms with Gasteiger partial charge in [0.05, 0.1) is 0 Å². The van der Waals surface area contributed by atoms with Crippen LogP contribution in [0.5, 0.6) is 0 Å². The van der Waals surface area contributed by atoms with Crippen LogP contribution in [0.1, 0.15) is 48.9 Å². The Morgan fingerprint density at radius 2 is 2.00 bits per heavy atom. The molecule has 0 saturated heterocycles. The number of hydrogen-bond donors (Lipinski definition) is 1. The van der Waals surface area contributed by atoms with Crippen molar-refractivity contribution in [1.29, 1.82) is 0 Å². The molecule has 1 nitrogen and oxygen atoms in total. The first-order valence-corrected chi connectivity index (χ1v) is 6.01. The van der Waals surface area contributed by atoms with Crippen LogP contribution >= 0.6 is 11.6 Å². The number of nitrogens with two attached hydrogens (primary N) is 1.